The van der Waals surface area contributed by atoms with Crippen molar-refractivity contribution in [2.75, 3.05) is 16.8 Å². The SMILES string of the molecule is O=C(Nc1ccc2c(c1)CCCN2C(=O)c1cccs1)c1cc(Cl)ccc1[N+](=O)[O-]. The molecule has 3 aromatic rings. The lowest BCUT2D eigenvalue weighted by molar-refractivity contribution is -0.385. The first kappa shape index (κ1) is 20.1. The van der Waals surface area contributed by atoms with Gasteiger partial charge in [0.05, 0.1) is 9.80 Å². The average molecular weight is 442 g/mol. The second kappa shape index (κ2) is 8.25. The number of hydrogen-bond acceptors (Lipinski definition) is 5. The number of hydrogen-bond donors (Lipinski definition) is 1. The molecule has 0 radical (unpaired) electrons. The minimum atomic E-state index is -0.619. The van der Waals surface area contributed by atoms with Gasteiger partial charge in [0.25, 0.3) is 17.5 Å². The molecule has 7 nitrogen and oxygen atoms in total. The first-order valence-electron chi connectivity index (χ1n) is 9.17. The van der Waals surface area contributed by atoms with Gasteiger partial charge in [-0.3, -0.25) is 19.7 Å². The third kappa shape index (κ3) is 3.92. The van der Waals surface area contributed by atoms with Crippen LogP contribution < -0.4 is 10.2 Å². The van der Waals surface area contributed by atoms with E-state index in [0.29, 0.717) is 17.1 Å². The molecule has 0 saturated heterocycles. The number of nitrogens with zero attached hydrogens (tertiary/aromatic N) is 2. The average Bonchev–Trinajstić information content (AvgIpc) is 3.27. The van der Waals surface area contributed by atoms with Crippen LogP contribution in [-0.4, -0.2) is 23.3 Å². The van der Waals surface area contributed by atoms with E-state index in [4.69, 9.17) is 11.6 Å². The maximum Gasteiger partial charge on any atom is 0.282 e. The first-order valence-corrected chi connectivity index (χ1v) is 10.4. The highest BCUT2D eigenvalue weighted by atomic mass is 35.5. The summed E-state index contributed by atoms with van der Waals surface area (Å²) in [6.45, 7) is 0.629. The minimum absolute atomic E-state index is 0.0442. The number of aryl methyl sites for hydroxylation is 1. The van der Waals surface area contributed by atoms with Crippen LogP contribution in [0.2, 0.25) is 5.02 Å². The summed E-state index contributed by atoms with van der Waals surface area (Å²) in [5, 5.41) is 16.0. The standard InChI is InChI=1S/C21H16ClN3O4S/c22-14-5-7-18(25(28)29)16(12-14)20(26)23-15-6-8-17-13(11-15)3-1-9-24(17)21(27)19-4-2-10-30-19/h2,4-8,10-12H,1,3,9H2,(H,23,26). The van der Waals surface area contributed by atoms with Crippen LogP contribution in [0.1, 0.15) is 32.0 Å². The summed E-state index contributed by atoms with van der Waals surface area (Å²) < 4.78 is 0. The number of benzene rings is 2. The molecule has 0 atom stereocenters. The molecule has 4 rings (SSSR count). The summed E-state index contributed by atoms with van der Waals surface area (Å²) in [5.41, 5.74) is 1.82. The topological polar surface area (TPSA) is 92.6 Å². The molecule has 0 spiro atoms. The van der Waals surface area contributed by atoms with E-state index in [0.717, 1.165) is 24.1 Å². The highest BCUT2D eigenvalue weighted by Crippen LogP contribution is 2.32. The molecule has 1 aliphatic rings. The Labute approximate surface area is 181 Å². The number of nitro groups is 1. The third-order valence-corrected chi connectivity index (χ3v) is 5.93. The summed E-state index contributed by atoms with van der Waals surface area (Å²) >= 11 is 7.31. The van der Waals surface area contributed by atoms with Gasteiger partial charge < -0.3 is 10.2 Å². The lowest BCUT2D eigenvalue weighted by Crippen LogP contribution is -2.35. The first-order chi connectivity index (χ1) is 14.4. The zero-order valence-corrected chi connectivity index (χ0v) is 17.2. The van der Waals surface area contributed by atoms with E-state index in [1.807, 2.05) is 11.4 Å². The van der Waals surface area contributed by atoms with E-state index in [2.05, 4.69) is 5.32 Å². The van der Waals surface area contributed by atoms with Gasteiger partial charge in [-0.05, 0) is 60.2 Å². The molecule has 0 saturated carbocycles. The number of anilines is 2. The number of thiophene rings is 1. The van der Waals surface area contributed by atoms with Gasteiger partial charge in [-0.25, -0.2) is 0 Å². The fourth-order valence-electron chi connectivity index (χ4n) is 3.47. The van der Waals surface area contributed by atoms with Crippen LogP contribution in [0, 0.1) is 10.1 Å². The predicted molar refractivity (Wildman–Crippen MR) is 117 cm³/mol. The molecule has 1 aliphatic heterocycles. The Balaban J connectivity index is 1.59. The number of carbonyl (C=O) groups excluding carboxylic acids is 2. The number of carbonyl (C=O) groups is 2. The maximum absolute atomic E-state index is 12.8. The third-order valence-electron chi connectivity index (χ3n) is 4.83. The lowest BCUT2D eigenvalue weighted by Gasteiger charge is -2.29. The Hall–Kier alpha value is -3.23. The van der Waals surface area contributed by atoms with Crippen LogP contribution in [0.3, 0.4) is 0 Å². The van der Waals surface area contributed by atoms with Crippen LogP contribution in [0.4, 0.5) is 17.1 Å². The van der Waals surface area contributed by atoms with Crippen molar-refractivity contribution in [1.82, 2.24) is 0 Å². The van der Waals surface area contributed by atoms with E-state index in [-0.39, 0.29) is 22.2 Å². The van der Waals surface area contributed by atoms with Gasteiger partial charge in [0, 0.05) is 29.0 Å². The van der Waals surface area contributed by atoms with Crippen molar-refractivity contribution in [3.05, 3.63) is 85.1 Å². The molecule has 0 unspecified atom stereocenters. The van der Waals surface area contributed by atoms with E-state index in [1.54, 1.807) is 29.2 Å². The van der Waals surface area contributed by atoms with Crippen molar-refractivity contribution in [3.63, 3.8) is 0 Å². The largest absolute Gasteiger partial charge is 0.322 e. The quantitative estimate of drug-likeness (QED) is 0.447. The molecule has 1 N–H and O–H groups in total. The number of fused-ring (bicyclic) bond motifs is 1. The van der Waals surface area contributed by atoms with E-state index < -0.39 is 10.8 Å². The summed E-state index contributed by atoms with van der Waals surface area (Å²) in [4.78, 5) is 38.5. The monoisotopic (exact) mass is 441 g/mol. The zero-order valence-electron chi connectivity index (χ0n) is 15.6. The van der Waals surface area contributed by atoms with Gasteiger partial charge >= 0.3 is 0 Å². The fourth-order valence-corrected chi connectivity index (χ4v) is 4.31. The van der Waals surface area contributed by atoms with Gasteiger partial charge in [0.2, 0.25) is 0 Å². The van der Waals surface area contributed by atoms with Gasteiger partial charge in [-0.15, -0.1) is 11.3 Å². The van der Waals surface area contributed by atoms with E-state index in [9.17, 15) is 19.7 Å². The van der Waals surface area contributed by atoms with Crippen molar-refractivity contribution in [2.24, 2.45) is 0 Å². The normalized spacial score (nSPS) is 12.9. The molecule has 0 bridgehead atoms. The summed E-state index contributed by atoms with van der Waals surface area (Å²) in [6, 6.07) is 12.8. The smallest absolute Gasteiger partial charge is 0.282 e. The number of amides is 2. The van der Waals surface area contributed by atoms with Crippen molar-refractivity contribution >= 4 is 51.8 Å². The van der Waals surface area contributed by atoms with E-state index >= 15 is 0 Å². The number of halogens is 1. The number of nitrogens with one attached hydrogen (secondary N) is 1. The van der Waals surface area contributed by atoms with Crippen molar-refractivity contribution in [1.29, 1.82) is 0 Å². The van der Waals surface area contributed by atoms with Crippen LogP contribution in [-0.2, 0) is 6.42 Å². The molecule has 30 heavy (non-hydrogen) atoms. The summed E-state index contributed by atoms with van der Waals surface area (Å²) in [5.74, 6) is -0.663. The van der Waals surface area contributed by atoms with Gasteiger partial charge in [0.1, 0.15) is 5.56 Å². The lowest BCUT2D eigenvalue weighted by atomic mass is 10.0. The second-order valence-electron chi connectivity index (χ2n) is 6.75. The van der Waals surface area contributed by atoms with Crippen LogP contribution in [0.5, 0.6) is 0 Å². The Kier molecular flexibility index (Phi) is 5.52. The van der Waals surface area contributed by atoms with Crippen LogP contribution in [0.15, 0.2) is 53.9 Å². The molecule has 152 valence electrons. The molecular formula is C21H16ClN3O4S. The molecular weight excluding hydrogens is 426 g/mol. The summed E-state index contributed by atoms with van der Waals surface area (Å²) in [6.07, 6.45) is 1.58. The Morgan fingerprint density at radius 2 is 2.00 bits per heavy atom. The second-order valence-corrected chi connectivity index (χ2v) is 8.14. The maximum atomic E-state index is 12.8. The van der Waals surface area contributed by atoms with Crippen LogP contribution in [0.25, 0.3) is 0 Å². The molecule has 2 heterocycles. The van der Waals surface area contributed by atoms with Crippen molar-refractivity contribution in [3.8, 4) is 0 Å². The minimum Gasteiger partial charge on any atom is -0.322 e. The summed E-state index contributed by atoms with van der Waals surface area (Å²) in [7, 11) is 0. The van der Waals surface area contributed by atoms with Gasteiger partial charge in [0.15, 0.2) is 0 Å². The molecule has 1 aromatic heterocycles. The highest BCUT2D eigenvalue weighted by molar-refractivity contribution is 7.12. The Morgan fingerprint density at radius 1 is 1.17 bits per heavy atom. The molecule has 0 aliphatic carbocycles. The van der Waals surface area contributed by atoms with Crippen molar-refractivity contribution < 1.29 is 14.5 Å². The fraction of sp³-hybridized carbons (Fsp3) is 0.143. The predicted octanol–water partition coefficient (Wildman–Crippen LogP) is 5.16. The number of rotatable bonds is 4. The van der Waals surface area contributed by atoms with Gasteiger partial charge in [-0.1, -0.05) is 17.7 Å². The Morgan fingerprint density at radius 3 is 2.73 bits per heavy atom. The molecule has 0 fully saturated rings. The Bertz CT molecular complexity index is 1150. The van der Waals surface area contributed by atoms with Gasteiger partial charge in [-0.2, -0.15) is 0 Å². The van der Waals surface area contributed by atoms with Crippen molar-refractivity contribution in [2.45, 2.75) is 12.8 Å². The molecule has 2 aromatic carbocycles. The van der Waals surface area contributed by atoms with Crippen LogP contribution >= 0.6 is 22.9 Å². The zero-order chi connectivity index (χ0) is 21.3. The highest BCUT2D eigenvalue weighted by Gasteiger charge is 2.25. The number of nitro benzene ring substituents is 1. The molecule has 2 amide bonds. The molecule has 9 heteroatoms. The van der Waals surface area contributed by atoms with E-state index in [1.165, 1.54) is 29.5 Å².